The molecule has 0 radical (unpaired) electrons. The molecule has 1 saturated heterocycles. The average molecular weight is 975 g/mol. The van der Waals surface area contributed by atoms with Crippen molar-refractivity contribution in [3.63, 3.8) is 0 Å². The Bertz CT molecular complexity index is 1390. The molecule has 69 heavy (non-hydrogen) atoms. The maximum absolute atomic E-state index is 13.1. The fourth-order valence-corrected chi connectivity index (χ4v) is 8.04. The summed E-state index contributed by atoms with van der Waals surface area (Å²) < 4.78 is 28.3. The van der Waals surface area contributed by atoms with Gasteiger partial charge in [-0.2, -0.15) is 0 Å². The van der Waals surface area contributed by atoms with Gasteiger partial charge in [0.1, 0.15) is 18.8 Å². The van der Waals surface area contributed by atoms with E-state index in [1.165, 1.54) is 51.4 Å². The Kier molecular flexibility index (Phi) is 42.3. The van der Waals surface area contributed by atoms with Crippen molar-refractivity contribution in [2.24, 2.45) is 0 Å². The van der Waals surface area contributed by atoms with Crippen molar-refractivity contribution in [1.29, 1.82) is 0 Å². The third-order valence-corrected chi connectivity index (χ3v) is 12.3. The lowest BCUT2D eigenvalue weighted by atomic mass is 9.98. The number of carboxylic acids is 1. The van der Waals surface area contributed by atoms with Gasteiger partial charge in [0.2, 0.25) is 0 Å². The molecule has 0 saturated carbocycles. The van der Waals surface area contributed by atoms with Gasteiger partial charge in [-0.05, 0) is 96.3 Å². The molecule has 1 rings (SSSR count). The number of carbonyl (C=O) groups is 4. The monoisotopic (exact) mass is 975 g/mol. The molecule has 0 spiro atoms. The van der Waals surface area contributed by atoms with Crippen LogP contribution < -0.4 is 0 Å². The quantitative estimate of drug-likeness (QED) is 0.0228. The van der Waals surface area contributed by atoms with Crippen molar-refractivity contribution in [1.82, 2.24) is 0 Å². The Morgan fingerprint density at radius 1 is 0.478 bits per heavy atom. The van der Waals surface area contributed by atoms with E-state index in [9.17, 15) is 34.5 Å². The smallest absolute Gasteiger partial charge is 0.335 e. The van der Waals surface area contributed by atoms with Gasteiger partial charge in [0.05, 0.1) is 6.61 Å². The largest absolute Gasteiger partial charge is 0.479 e. The third kappa shape index (κ3) is 36.3. The van der Waals surface area contributed by atoms with Crippen LogP contribution in [-0.4, -0.2) is 89.2 Å². The van der Waals surface area contributed by atoms with E-state index in [1.807, 2.05) is 0 Å². The average Bonchev–Trinajstić information content (AvgIpc) is 3.33. The summed E-state index contributed by atoms with van der Waals surface area (Å²) >= 11 is 0. The Morgan fingerprint density at radius 3 is 1.38 bits per heavy atom. The number of carbonyl (C=O) groups excluding carboxylic acids is 3. The van der Waals surface area contributed by atoms with Crippen LogP contribution in [0.3, 0.4) is 0 Å². The van der Waals surface area contributed by atoms with Crippen LogP contribution in [0.4, 0.5) is 0 Å². The van der Waals surface area contributed by atoms with Gasteiger partial charge in [-0.15, -0.1) is 0 Å². The van der Waals surface area contributed by atoms with Gasteiger partial charge < -0.3 is 39.0 Å². The van der Waals surface area contributed by atoms with Gasteiger partial charge in [0, 0.05) is 19.3 Å². The van der Waals surface area contributed by atoms with E-state index in [2.05, 4.69) is 69.4 Å². The highest BCUT2D eigenvalue weighted by Crippen LogP contribution is 2.26. The van der Waals surface area contributed by atoms with E-state index in [0.29, 0.717) is 19.3 Å². The highest BCUT2D eigenvalue weighted by Gasteiger charge is 2.50. The zero-order chi connectivity index (χ0) is 50.4. The van der Waals surface area contributed by atoms with Gasteiger partial charge in [0.25, 0.3) is 0 Å². The molecule has 1 aliphatic heterocycles. The predicted octanol–water partition coefficient (Wildman–Crippen LogP) is 13.4. The normalized spacial score (nSPS) is 19.0. The van der Waals surface area contributed by atoms with Crippen LogP contribution in [0.2, 0.25) is 0 Å². The summed E-state index contributed by atoms with van der Waals surface area (Å²) in [4.78, 5) is 50.9. The van der Waals surface area contributed by atoms with Crippen LogP contribution >= 0.6 is 0 Å². The maximum atomic E-state index is 13.1. The Labute approximate surface area is 418 Å². The molecule has 0 bridgehead atoms. The number of unbranched alkanes of at least 4 members (excludes halogenated alkanes) is 24. The molecule has 398 valence electrons. The van der Waals surface area contributed by atoms with E-state index in [-0.39, 0.29) is 25.9 Å². The molecule has 0 aromatic rings. The molecule has 3 N–H and O–H groups in total. The molecule has 1 fully saturated rings. The molecule has 1 heterocycles. The van der Waals surface area contributed by atoms with Crippen molar-refractivity contribution in [3.05, 3.63) is 48.6 Å². The van der Waals surface area contributed by atoms with E-state index < -0.39 is 67.3 Å². The van der Waals surface area contributed by atoms with Gasteiger partial charge in [-0.25, -0.2) is 4.79 Å². The summed E-state index contributed by atoms with van der Waals surface area (Å²) in [6.07, 6.45) is 40.9. The standard InChI is InChI=1S/C57H98O12/c1-4-7-10-13-16-19-22-25-28-31-34-37-40-43-49(58)65-46-48(67-50(59)44-41-38-35-32-29-26-23-20-17-14-11-8-5-2)47-66-57-55(53(62)52(61)54(69-57)56(63)64)68-51(60)45-42-39-36-33-30-27-24-21-18-15-12-9-6-3/h12,15,19-24,48,52-55,57,61-62H,4-11,13-14,16-18,25-47H2,1-3H3,(H,63,64)/b15-12-,22-19-,23-20-,24-21-. The molecular formula is C57H98O12. The molecule has 12 nitrogen and oxygen atoms in total. The number of esters is 3. The van der Waals surface area contributed by atoms with Crippen LogP contribution in [0.5, 0.6) is 0 Å². The number of aliphatic hydroxyl groups excluding tert-OH is 2. The second-order valence-corrected chi connectivity index (χ2v) is 18.9. The summed E-state index contributed by atoms with van der Waals surface area (Å²) in [7, 11) is 0. The summed E-state index contributed by atoms with van der Waals surface area (Å²) in [5, 5.41) is 31.4. The number of carboxylic acid groups (broad SMARTS) is 1. The topological polar surface area (TPSA) is 175 Å². The number of ether oxygens (including phenoxy) is 5. The minimum atomic E-state index is -1.91. The van der Waals surface area contributed by atoms with E-state index >= 15 is 0 Å². The minimum absolute atomic E-state index is 0.0431. The first-order valence-electron chi connectivity index (χ1n) is 27.6. The summed E-state index contributed by atoms with van der Waals surface area (Å²) in [5.41, 5.74) is 0. The number of allylic oxidation sites excluding steroid dienone is 8. The van der Waals surface area contributed by atoms with E-state index in [0.717, 1.165) is 128 Å². The van der Waals surface area contributed by atoms with Crippen molar-refractivity contribution in [2.45, 2.75) is 276 Å². The fraction of sp³-hybridized carbons (Fsp3) is 0.789. The van der Waals surface area contributed by atoms with Gasteiger partial charge in [0.15, 0.2) is 24.6 Å². The van der Waals surface area contributed by atoms with E-state index in [1.54, 1.807) is 0 Å². The van der Waals surface area contributed by atoms with Gasteiger partial charge in [-0.3, -0.25) is 14.4 Å². The third-order valence-electron chi connectivity index (χ3n) is 12.3. The van der Waals surface area contributed by atoms with Crippen LogP contribution in [-0.2, 0) is 42.9 Å². The highest BCUT2D eigenvalue weighted by atomic mass is 16.7. The van der Waals surface area contributed by atoms with Crippen LogP contribution in [0.25, 0.3) is 0 Å². The van der Waals surface area contributed by atoms with Crippen LogP contribution in [0, 0.1) is 0 Å². The molecular weight excluding hydrogens is 877 g/mol. The van der Waals surface area contributed by atoms with Gasteiger partial charge >= 0.3 is 23.9 Å². The highest BCUT2D eigenvalue weighted by molar-refractivity contribution is 5.74. The Hall–Kier alpha value is -3.32. The molecule has 6 unspecified atom stereocenters. The molecule has 0 aromatic heterocycles. The van der Waals surface area contributed by atoms with Crippen molar-refractivity contribution >= 4 is 23.9 Å². The first-order valence-corrected chi connectivity index (χ1v) is 27.6. The molecule has 6 atom stereocenters. The predicted molar refractivity (Wildman–Crippen MR) is 276 cm³/mol. The Balaban J connectivity index is 2.74. The van der Waals surface area contributed by atoms with Crippen molar-refractivity contribution in [3.8, 4) is 0 Å². The fourth-order valence-electron chi connectivity index (χ4n) is 8.04. The summed E-state index contributed by atoms with van der Waals surface area (Å²) in [6.45, 7) is 5.86. The zero-order valence-corrected chi connectivity index (χ0v) is 43.6. The second-order valence-electron chi connectivity index (χ2n) is 18.9. The number of hydrogen-bond acceptors (Lipinski definition) is 11. The number of aliphatic carboxylic acids is 1. The zero-order valence-electron chi connectivity index (χ0n) is 43.6. The lowest BCUT2D eigenvalue weighted by Crippen LogP contribution is -2.61. The summed E-state index contributed by atoms with van der Waals surface area (Å²) in [5.74, 6) is -3.15. The number of aliphatic hydroxyl groups is 2. The SMILES string of the molecule is CCC/C=C\C/C=C\CCCCCCCC(=O)OC1C(OCC(COC(=O)CCCCCCC/C=C\CCCCCC)OC(=O)CCCCCCC/C=C\CCCCCC)OC(C(=O)O)C(O)C1O. The maximum Gasteiger partial charge on any atom is 0.335 e. The molecule has 0 amide bonds. The summed E-state index contributed by atoms with van der Waals surface area (Å²) in [6, 6.07) is 0. The molecule has 0 aromatic carbocycles. The number of rotatable bonds is 46. The molecule has 12 heteroatoms. The van der Waals surface area contributed by atoms with Crippen LogP contribution in [0.15, 0.2) is 48.6 Å². The van der Waals surface area contributed by atoms with Crippen molar-refractivity contribution in [2.75, 3.05) is 13.2 Å². The second kappa shape index (κ2) is 45.8. The lowest BCUT2D eigenvalue weighted by Gasteiger charge is -2.40. The molecule has 1 aliphatic rings. The first-order chi connectivity index (χ1) is 33.6. The van der Waals surface area contributed by atoms with Crippen molar-refractivity contribution < 1.29 is 58.2 Å². The first kappa shape index (κ1) is 63.7. The Morgan fingerprint density at radius 2 is 0.899 bits per heavy atom. The minimum Gasteiger partial charge on any atom is -0.479 e. The van der Waals surface area contributed by atoms with Gasteiger partial charge in [-0.1, -0.05) is 172 Å². The van der Waals surface area contributed by atoms with Crippen LogP contribution in [0.1, 0.15) is 239 Å². The van der Waals surface area contributed by atoms with E-state index in [4.69, 9.17) is 23.7 Å². The lowest BCUT2D eigenvalue weighted by molar-refractivity contribution is -0.301. The number of hydrogen-bond donors (Lipinski definition) is 3. The molecule has 0 aliphatic carbocycles.